The van der Waals surface area contributed by atoms with Gasteiger partial charge in [-0.2, -0.15) is 11.8 Å². The average molecular weight is 538 g/mol. The van der Waals surface area contributed by atoms with E-state index >= 15 is 0 Å². The molecule has 208 valence electrons. The van der Waals surface area contributed by atoms with Crippen LogP contribution in [0.3, 0.4) is 0 Å². The predicted molar refractivity (Wildman–Crippen MR) is 146 cm³/mol. The summed E-state index contributed by atoms with van der Waals surface area (Å²) in [6.07, 6.45) is 3.04. The fourth-order valence-electron chi connectivity index (χ4n) is 3.69. The fourth-order valence-corrected chi connectivity index (χ4v) is 4.16. The summed E-state index contributed by atoms with van der Waals surface area (Å²) in [5.41, 5.74) is 1.77. The molecular weight excluding hydrogens is 494 g/mol. The number of hydrogen-bond acceptors (Lipinski definition) is 7. The summed E-state index contributed by atoms with van der Waals surface area (Å²) in [7, 11) is 1.24. The molecular formula is C27H43N3O6S. The number of esters is 1. The number of hydrogen-bond donors (Lipinski definition) is 2. The molecule has 0 aliphatic carbocycles. The summed E-state index contributed by atoms with van der Waals surface area (Å²) in [6.45, 7) is 11.1. The number of carbonyl (C=O) groups excluding carboxylic acids is 4. The number of unbranched alkanes of at least 4 members (excludes halogenated alkanes) is 1. The summed E-state index contributed by atoms with van der Waals surface area (Å²) in [5.74, 6) is -0.850. The van der Waals surface area contributed by atoms with Crippen molar-refractivity contribution in [3.8, 4) is 0 Å². The Kier molecular flexibility index (Phi) is 13.5. The number of benzene rings is 1. The zero-order valence-corrected chi connectivity index (χ0v) is 24.3. The molecule has 1 rings (SSSR count). The van der Waals surface area contributed by atoms with Crippen LogP contribution in [0.2, 0.25) is 0 Å². The topological polar surface area (TPSA) is 114 Å². The van der Waals surface area contributed by atoms with Crippen molar-refractivity contribution in [2.24, 2.45) is 0 Å². The maximum atomic E-state index is 14.0. The molecule has 2 atom stereocenters. The Morgan fingerprint density at radius 3 is 2.38 bits per heavy atom. The summed E-state index contributed by atoms with van der Waals surface area (Å²) in [5, 5.41) is 5.34. The van der Waals surface area contributed by atoms with Crippen LogP contribution in [-0.2, 0) is 23.9 Å². The number of alkyl carbamates (subject to hydrolysis) is 1. The largest absolute Gasteiger partial charge is 0.468 e. The third kappa shape index (κ3) is 10.6. The van der Waals surface area contributed by atoms with Crippen molar-refractivity contribution in [1.29, 1.82) is 0 Å². The van der Waals surface area contributed by atoms with E-state index in [1.807, 2.05) is 45.2 Å². The number of ether oxygens (including phenoxy) is 2. The first-order valence-corrected chi connectivity index (χ1v) is 13.9. The summed E-state index contributed by atoms with van der Waals surface area (Å²) < 4.78 is 10.1. The second-order valence-corrected chi connectivity index (χ2v) is 10.8. The number of amides is 3. The van der Waals surface area contributed by atoms with Crippen LogP contribution in [0, 0.1) is 13.8 Å². The number of carbonyl (C=O) groups is 4. The highest BCUT2D eigenvalue weighted by Gasteiger charge is 2.36. The SMILES string of the molecule is CCCCN(C(=O)C(CCSC)NC(=O)OC(C)(C)C)C(C(=O)NCC(=O)OC)c1cccc(C)c1C. The maximum Gasteiger partial charge on any atom is 0.408 e. The molecule has 0 saturated heterocycles. The summed E-state index contributed by atoms with van der Waals surface area (Å²) >= 11 is 1.55. The number of methoxy groups -OCH3 is 1. The van der Waals surface area contributed by atoms with E-state index in [1.54, 1.807) is 32.5 Å². The van der Waals surface area contributed by atoms with Crippen LogP contribution in [0.25, 0.3) is 0 Å². The Hall–Kier alpha value is -2.75. The van der Waals surface area contributed by atoms with Gasteiger partial charge in [-0.05, 0) is 76.2 Å². The summed E-state index contributed by atoms with van der Waals surface area (Å²) in [6, 6.07) is 3.70. The normalized spacial score (nSPS) is 12.8. The van der Waals surface area contributed by atoms with Crippen molar-refractivity contribution < 1.29 is 28.7 Å². The van der Waals surface area contributed by atoms with E-state index in [4.69, 9.17) is 4.74 Å². The fraction of sp³-hybridized carbons (Fsp3) is 0.630. The number of aryl methyl sites for hydroxylation is 1. The van der Waals surface area contributed by atoms with Crippen molar-refractivity contribution in [3.63, 3.8) is 0 Å². The molecule has 0 aliphatic rings. The second-order valence-electron chi connectivity index (χ2n) is 9.85. The molecule has 3 amide bonds. The standard InChI is InChI=1S/C27H43N3O6S/c1-9-10-15-30(25(33)21(14-16-37-8)29-26(34)36-27(4,5)6)23(24(32)28-17-22(31)35-7)20-13-11-12-18(2)19(20)3/h11-13,21,23H,9-10,14-17H2,1-8H3,(H,28,32)(H,29,34). The summed E-state index contributed by atoms with van der Waals surface area (Å²) in [4.78, 5) is 53.5. The molecule has 0 aliphatic heterocycles. The highest BCUT2D eigenvalue weighted by molar-refractivity contribution is 7.98. The van der Waals surface area contributed by atoms with Gasteiger partial charge in [0.2, 0.25) is 11.8 Å². The van der Waals surface area contributed by atoms with Crippen LogP contribution in [0.15, 0.2) is 18.2 Å². The lowest BCUT2D eigenvalue weighted by Crippen LogP contribution is -2.53. The van der Waals surface area contributed by atoms with Crippen LogP contribution in [-0.4, -0.2) is 72.6 Å². The van der Waals surface area contributed by atoms with Crippen LogP contribution in [0.4, 0.5) is 4.79 Å². The lowest BCUT2D eigenvalue weighted by atomic mass is 9.94. The molecule has 10 heteroatoms. The zero-order chi connectivity index (χ0) is 28.2. The molecule has 37 heavy (non-hydrogen) atoms. The monoisotopic (exact) mass is 537 g/mol. The van der Waals surface area contributed by atoms with Crippen molar-refractivity contribution in [2.45, 2.75) is 78.5 Å². The van der Waals surface area contributed by atoms with Crippen LogP contribution in [0.5, 0.6) is 0 Å². The molecule has 0 saturated carbocycles. The van der Waals surface area contributed by atoms with E-state index < -0.39 is 35.7 Å². The van der Waals surface area contributed by atoms with Gasteiger partial charge >= 0.3 is 12.1 Å². The first-order chi connectivity index (χ1) is 17.4. The van der Waals surface area contributed by atoms with E-state index in [-0.39, 0.29) is 12.5 Å². The van der Waals surface area contributed by atoms with E-state index in [0.717, 1.165) is 17.5 Å². The van der Waals surface area contributed by atoms with E-state index in [0.29, 0.717) is 30.7 Å². The molecule has 0 aromatic heterocycles. The van der Waals surface area contributed by atoms with Crippen molar-refractivity contribution in [3.05, 3.63) is 34.9 Å². The van der Waals surface area contributed by atoms with Gasteiger partial charge in [-0.1, -0.05) is 31.5 Å². The number of thioether (sulfide) groups is 1. The predicted octanol–water partition coefficient (Wildman–Crippen LogP) is 3.91. The third-order valence-corrected chi connectivity index (χ3v) is 6.42. The van der Waals surface area contributed by atoms with Crippen LogP contribution >= 0.6 is 11.8 Å². The van der Waals surface area contributed by atoms with Crippen molar-refractivity contribution in [2.75, 3.05) is 32.2 Å². The minimum atomic E-state index is -0.999. The van der Waals surface area contributed by atoms with E-state index in [1.165, 1.54) is 12.0 Å². The van der Waals surface area contributed by atoms with Gasteiger partial charge in [0.05, 0.1) is 7.11 Å². The molecule has 1 aromatic rings. The minimum Gasteiger partial charge on any atom is -0.468 e. The van der Waals surface area contributed by atoms with Gasteiger partial charge in [0.25, 0.3) is 0 Å². The average Bonchev–Trinajstić information content (AvgIpc) is 2.83. The molecule has 9 nitrogen and oxygen atoms in total. The highest BCUT2D eigenvalue weighted by atomic mass is 32.2. The smallest absolute Gasteiger partial charge is 0.408 e. The Morgan fingerprint density at radius 2 is 1.81 bits per heavy atom. The van der Waals surface area contributed by atoms with Crippen molar-refractivity contribution >= 4 is 35.6 Å². The second kappa shape index (κ2) is 15.5. The molecule has 1 aromatic carbocycles. The minimum absolute atomic E-state index is 0.296. The molecule has 2 unspecified atom stereocenters. The first kappa shape index (κ1) is 32.3. The first-order valence-electron chi connectivity index (χ1n) is 12.6. The third-order valence-electron chi connectivity index (χ3n) is 5.77. The Balaban J connectivity index is 3.51. The van der Waals surface area contributed by atoms with E-state index in [9.17, 15) is 19.2 Å². The maximum absolute atomic E-state index is 14.0. The molecule has 0 radical (unpaired) electrons. The van der Waals surface area contributed by atoms with Crippen molar-refractivity contribution in [1.82, 2.24) is 15.5 Å². The lowest BCUT2D eigenvalue weighted by Gasteiger charge is -2.35. The van der Waals surface area contributed by atoms with Gasteiger partial charge in [0, 0.05) is 6.54 Å². The molecule has 0 spiro atoms. The van der Waals surface area contributed by atoms with Gasteiger partial charge in [-0.3, -0.25) is 14.4 Å². The van der Waals surface area contributed by atoms with Crippen LogP contribution in [0.1, 0.15) is 69.7 Å². The van der Waals surface area contributed by atoms with Crippen LogP contribution < -0.4 is 10.6 Å². The quantitative estimate of drug-likeness (QED) is 0.367. The van der Waals surface area contributed by atoms with E-state index in [2.05, 4.69) is 15.4 Å². The number of rotatable bonds is 13. The number of nitrogens with zero attached hydrogens (tertiary/aromatic N) is 1. The van der Waals surface area contributed by atoms with Gasteiger partial charge < -0.3 is 25.0 Å². The molecule has 2 N–H and O–H groups in total. The Morgan fingerprint density at radius 1 is 1.14 bits per heavy atom. The van der Waals surface area contributed by atoms with Gasteiger partial charge in [-0.25, -0.2) is 4.79 Å². The van der Waals surface area contributed by atoms with Gasteiger partial charge in [0.1, 0.15) is 24.2 Å². The Bertz CT molecular complexity index is 931. The van der Waals surface area contributed by atoms with Gasteiger partial charge in [-0.15, -0.1) is 0 Å². The van der Waals surface area contributed by atoms with Gasteiger partial charge in [0.15, 0.2) is 0 Å². The molecule has 0 fully saturated rings. The Labute approximate surface area is 225 Å². The zero-order valence-electron chi connectivity index (χ0n) is 23.4. The highest BCUT2D eigenvalue weighted by Crippen LogP contribution is 2.28. The molecule has 0 bridgehead atoms. The molecule has 0 heterocycles. The lowest BCUT2D eigenvalue weighted by molar-refractivity contribution is -0.144. The number of nitrogens with one attached hydrogen (secondary N) is 2.